The molecule has 1 N–H and O–H groups in total. The van der Waals surface area contributed by atoms with Gasteiger partial charge in [0, 0.05) is 18.5 Å². The Hall–Kier alpha value is -1.18. The van der Waals surface area contributed by atoms with Crippen LogP contribution in [0, 0.1) is 0 Å². The van der Waals surface area contributed by atoms with E-state index < -0.39 is 10.0 Å². The summed E-state index contributed by atoms with van der Waals surface area (Å²) in [6.07, 6.45) is 3.40. The molecule has 0 aliphatic rings. The van der Waals surface area contributed by atoms with E-state index >= 15 is 0 Å². The highest BCUT2D eigenvalue weighted by Gasteiger charge is 2.21. The third kappa shape index (κ3) is 2.74. The SMILES string of the molecule is CN(CCc1cccs1)S(=O)(=O)c1cnc[nH]1. The van der Waals surface area contributed by atoms with Crippen molar-refractivity contribution in [2.75, 3.05) is 13.6 Å². The molecule has 0 amide bonds. The third-order valence-electron chi connectivity index (χ3n) is 2.41. The van der Waals surface area contributed by atoms with Crippen molar-refractivity contribution < 1.29 is 8.42 Å². The zero-order valence-electron chi connectivity index (χ0n) is 9.33. The number of rotatable bonds is 5. The molecule has 0 atom stereocenters. The van der Waals surface area contributed by atoms with E-state index in [0.29, 0.717) is 6.54 Å². The number of aromatic nitrogens is 2. The lowest BCUT2D eigenvalue weighted by atomic mass is 10.3. The van der Waals surface area contributed by atoms with Gasteiger partial charge in [0.15, 0.2) is 5.03 Å². The first-order valence-electron chi connectivity index (χ1n) is 5.08. The molecule has 0 aliphatic carbocycles. The molecule has 2 heterocycles. The molecule has 5 nitrogen and oxygen atoms in total. The monoisotopic (exact) mass is 271 g/mol. The maximum atomic E-state index is 12.0. The van der Waals surface area contributed by atoms with Crippen molar-refractivity contribution in [1.82, 2.24) is 14.3 Å². The molecule has 92 valence electrons. The molecule has 0 saturated carbocycles. The Labute approximate surface area is 104 Å². The summed E-state index contributed by atoms with van der Waals surface area (Å²) in [5.41, 5.74) is 0. The molecule has 0 fully saturated rings. The number of hydrogen-bond acceptors (Lipinski definition) is 4. The third-order valence-corrected chi connectivity index (χ3v) is 5.13. The maximum absolute atomic E-state index is 12.0. The number of aromatic amines is 1. The Morgan fingerprint density at radius 1 is 1.53 bits per heavy atom. The summed E-state index contributed by atoms with van der Waals surface area (Å²) in [5, 5.41) is 2.12. The van der Waals surface area contributed by atoms with E-state index in [2.05, 4.69) is 9.97 Å². The van der Waals surface area contributed by atoms with Gasteiger partial charge in [0.05, 0.1) is 12.5 Å². The topological polar surface area (TPSA) is 66.1 Å². The first-order chi connectivity index (χ1) is 8.10. The minimum absolute atomic E-state index is 0.131. The Kier molecular flexibility index (Phi) is 3.60. The molecule has 2 aromatic heterocycles. The molecule has 2 aromatic rings. The highest BCUT2D eigenvalue weighted by Crippen LogP contribution is 2.13. The Morgan fingerprint density at radius 3 is 2.94 bits per heavy atom. The fourth-order valence-corrected chi connectivity index (χ4v) is 3.16. The average Bonchev–Trinajstić information content (AvgIpc) is 2.98. The van der Waals surface area contributed by atoms with Crippen molar-refractivity contribution in [3.8, 4) is 0 Å². The number of nitrogens with zero attached hydrogens (tertiary/aromatic N) is 2. The average molecular weight is 271 g/mol. The lowest BCUT2D eigenvalue weighted by Crippen LogP contribution is -2.29. The van der Waals surface area contributed by atoms with Crippen molar-refractivity contribution in [2.45, 2.75) is 11.4 Å². The Balaban J connectivity index is 2.03. The summed E-state index contributed by atoms with van der Waals surface area (Å²) in [6.45, 7) is 0.460. The van der Waals surface area contributed by atoms with Gasteiger partial charge in [0.25, 0.3) is 10.0 Å². The molecule has 0 aliphatic heterocycles. The van der Waals surface area contributed by atoms with Crippen LogP contribution in [0.1, 0.15) is 4.88 Å². The predicted octanol–water partition coefficient (Wildman–Crippen LogP) is 1.33. The second-order valence-electron chi connectivity index (χ2n) is 3.57. The van der Waals surface area contributed by atoms with Gasteiger partial charge in [0.2, 0.25) is 0 Å². The minimum atomic E-state index is -3.43. The zero-order valence-corrected chi connectivity index (χ0v) is 11.0. The second kappa shape index (κ2) is 4.99. The lowest BCUT2D eigenvalue weighted by molar-refractivity contribution is 0.471. The van der Waals surface area contributed by atoms with Crippen LogP contribution in [-0.2, 0) is 16.4 Å². The van der Waals surface area contributed by atoms with Gasteiger partial charge in [-0.05, 0) is 17.9 Å². The van der Waals surface area contributed by atoms with Crippen LogP contribution in [0.3, 0.4) is 0 Å². The first kappa shape index (κ1) is 12.3. The number of likely N-dealkylation sites (N-methyl/N-ethyl adjacent to an activating group) is 1. The normalized spacial score (nSPS) is 12.1. The summed E-state index contributed by atoms with van der Waals surface area (Å²) >= 11 is 1.63. The van der Waals surface area contributed by atoms with Gasteiger partial charge >= 0.3 is 0 Å². The van der Waals surface area contributed by atoms with Gasteiger partial charge in [-0.25, -0.2) is 13.4 Å². The van der Waals surface area contributed by atoms with Crippen molar-refractivity contribution in [3.05, 3.63) is 34.9 Å². The number of nitrogens with one attached hydrogen (secondary N) is 1. The van der Waals surface area contributed by atoms with E-state index in [4.69, 9.17) is 0 Å². The number of imidazole rings is 1. The first-order valence-corrected chi connectivity index (χ1v) is 7.40. The van der Waals surface area contributed by atoms with E-state index in [0.717, 1.165) is 6.42 Å². The number of thiophene rings is 1. The molecule has 0 unspecified atom stereocenters. The van der Waals surface area contributed by atoms with Crippen molar-refractivity contribution in [3.63, 3.8) is 0 Å². The molecule has 0 bridgehead atoms. The van der Waals surface area contributed by atoms with Gasteiger partial charge in [0.1, 0.15) is 0 Å². The Morgan fingerprint density at radius 2 is 2.35 bits per heavy atom. The molecule has 0 spiro atoms. The lowest BCUT2D eigenvalue weighted by Gasteiger charge is -2.15. The van der Waals surface area contributed by atoms with E-state index in [9.17, 15) is 8.42 Å². The largest absolute Gasteiger partial charge is 0.335 e. The predicted molar refractivity (Wildman–Crippen MR) is 66.4 cm³/mol. The summed E-state index contributed by atoms with van der Waals surface area (Å²) in [4.78, 5) is 7.51. The van der Waals surface area contributed by atoms with Gasteiger partial charge in [-0.2, -0.15) is 4.31 Å². The van der Waals surface area contributed by atoms with Crippen LogP contribution in [-0.4, -0.2) is 36.3 Å². The van der Waals surface area contributed by atoms with E-state index in [1.807, 2.05) is 17.5 Å². The summed E-state index contributed by atoms with van der Waals surface area (Å²) in [7, 11) is -1.86. The van der Waals surface area contributed by atoms with Crippen LogP contribution in [0.15, 0.2) is 35.1 Å². The fraction of sp³-hybridized carbons (Fsp3) is 0.300. The molecule has 17 heavy (non-hydrogen) atoms. The smallest absolute Gasteiger partial charge is 0.259 e. The van der Waals surface area contributed by atoms with Crippen LogP contribution in [0.25, 0.3) is 0 Å². The number of hydrogen-bond donors (Lipinski definition) is 1. The Bertz CT molecular complexity index is 546. The van der Waals surface area contributed by atoms with E-state index in [-0.39, 0.29) is 5.03 Å². The van der Waals surface area contributed by atoms with Crippen molar-refractivity contribution >= 4 is 21.4 Å². The number of H-pyrrole nitrogens is 1. The quantitative estimate of drug-likeness (QED) is 0.892. The molecular weight excluding hydrogens is 258 g/mol. The van der Waals surface area contributed by atoms with Crippen LogP contribution in [0.2, 0.25) is 0 Å². The zero-order chi connectivity index (χ0) is 12.3. The van der Waals surface area contributed by atoms with Gasteiger partial charge in [-0.15, -0.1) is 11.3 Å². The van der Waals surface area contributed by atoms with Crippen LogP contribution < -0.4 is 0 Å². The standard InChI is InChI=1S/C10H13N3O2S2/c1-13(5-4-9-3-2-6-16-9)17(14,15)10-7-11-8-12-10/h2-3,6-8H,4-5H2,1H3,(H,11,12). The molecule has 7 heteroatoms. The van der Waals surface area contributed by atoms with Gasteiger partial charge < -0.3 is 4.98 Å². The fourth-order valence-electron chi connectivity index (χ4n) is 1.39. The second-order valence-corrected chi connectivity index (χ2v) is 6.62. The van der Waals surface area contributed by atoms with Gasteiger partial charge in [-0.3, -0.25) is 0 Å². The van der Waals surface area contributed by atoms with Gasteiger partial charge in [-0.1, -0.05) is 6.07 Å². The van der Waals surface area contributed by atoms with Crippen LogP contribution in [0.4, 0.5) is 0 Å². The van der Waals surface area contributed by atoms with Crippen molar-refractivity contribution in [2.24, 2.45) is 0 Å². The highest BCUT2D eigenvalue weighted by molar-refractivity contribution is 7.89. The maximum Gasteiger partial charge on any atom is 0.259 e. The summed E-state index contributed by atoms with van der Waals surface area (Å²) in [6, 6.07) is 3.96. The summed E-state index contributed by atoms with van der Waals surface area (Å²) < 4.78 is 25.4. The minimum Gasteiger partial charge on any atom is -0.335 e. The molecular formula is C10H13N3O2S2. The number of sulfonamides is 1. The van der Waals surface area contributed by atoms with Crippen LogP contribution in [0.5, 0.6) is 0 Å². The highest BCUT2D eigenvalue weighted by atomic mass is 32.2. The molecule has 2 rings (SSSR count). The molecule has 0 radical (unpaired) electrons. The van der Waals surface area contributed by atoms with Crippen LogP contribution >= 0.6 is 11.3 Å². The summed E-state index contributed by atoms with van der Waals surface area (Å²) in [5.74, 6) is 0. The molecule has 0 saturated heterocycles. The molecule has 0 aromatic carbocycles. The van der Waals surface area contributed by atoms with Crippen molar-refractivity contribution in [1.29, 1.82) is 0 Å². The van der Waals surface area contributed by atoms with E-state index in [1.54, 1.807) is 18.4 Å². The van der Waals surface area contributed by atoms with E-state index in [1.165, 1.54) is 21.7 Å².